The summed E-state index contributed by atoms with van der Waals surface area (Å²) in [5, 5.41) is 3.30. The molecule has 1 amide bonds. The molecule has 1 unspecified atom stereocenters. The molecule has 1 aliphatic rings. The highest BCUT2D eigenvalue weighted by Gasteiger charge is 2.16. The number of nitrogens with one attached hydrogen (secondary N) is 1. The Morgan fingerprint density at radius 1 is 1.55 bits per heavy atom. The third-order valence-corrected chi connectivity index (χ3v) is 3.81. The van der Waals surface area contributed by atoms with Crippen molar-refractivity contribution in [1.82, 2.24) is 10.2 Å². The molecule has 4 nitrogen and oxygen atoms in total. The highest BCUT2D eigenvalue weighted by atomic mass is 19.1. The number of carbonyl (C=O) groups excluding carboxylic acids is 1. The maximum Gasteiger partial charge on any atom is 0.248 e. The molecule has 1 aliphatic heterocycles. The molecule has 0 aromatic heterocycles. The van der Waals surface area contributed by atoms with E-state index in [0.29, 0.717) is 18.0 Å². The lowest BCUT2D eigenvalue weighted by Crippen LogP contribution is -2.37. The average Bonchev–Trinajstić information content (AvgIpc) is 2.40. The largest absolute Gasteiger partial charge is 0.366 e. The normalized spacial score (nSPS) is 20.0. The number of hydrogen-bond acceptors (Lipinski definition) is 3. The van der Waals surface area contributed by atoms with Crippen LogP contribution in [0.15, 0.2) is 18.2 Å². The lowest BCUT2D eigenvalue weighted by atomic mass is 9.98. The van der Waals surface area contributed by atoms with Crippen LogP contribution in [0.5, 0.6) is 0 Å². The Bertz CT molecular complexity index is 478. The van der Waals surface area contributed by atoms with Gasteiger partial charge < -0.3 is 16.0 Å². The number of rotatable bonds is 5. The molecule has 1 atom stereocenters. The molecule has 20 heavy (non-hydrogen) atoms. The number of amides is 1. The second kappa shape index (κ2) is 6.81. The summed E-state index contributed by atoms with van der Waals surface area (Å²) < 4.78 is 13.8. The second-order valence-corrected chi connectivity index (χ2v) is 5.57. The molecule has 0 saturated carbocycles. The highest BCUT2D eigenvalue weighted by Crippen LogP contribution is 2.15. The molecular formula is C15H22FN3O. The van der Waals surface area contributed by atoms with Gasteiger partial charge in [-0.25, -0.2) is 4.39 Å². The number of nitrogens with two attached hydrogens (primary N) is 1. The van der Waals surface area contributed by atoms with Crippen molar-refractivity contribution < 1.29 is 9.18 Å². The lowest BCUT2D eigenvalue weighted by Gasteiger charge is -2.29. The molecule has 3 N–H and O–H groups in total. The van der Waals surface area contributed by atoms with E-state index in [-0.39, 0.29) is 11.4 Å². The van der Waals surface area contributed by atoms with Gasteiger partial charge in [-0.1, -0.05) is 6.07 Å². The maximum absolute atomic E-state index is 13.8. The number of primary amides is 1. The number of hydrogen-bond donors (Lipinski definition) is 2. The van der Waals surface area contributed by atoms with Crippen molar-refractivity contribution in [2.75, 3.05) is 26.7 Å². The van der Waals surface area contributed by atoms with Gasteiger partial charge in [0.05, 0.1) is 0 Å². The van der Waals surface area contributed by atoms with E-state index in [1.807, 2.05) is 0 Å². The minimum atomic E-state index is -0.603. The van der Waals surface area contributed by atoms with Crippen LogP contribution in [0.2, 0.25) is 0 Å². The first kappa shape index (κ1) is 14.9. The van der Waals surface area contributed by atoms with E-state index in [2.05, 4.69) is 17.3 Å². The summed E-state index contributed by atoms with van der Waals surface area (Å²) in [6, 6.07) is 4.39. The molecule has 0 radical (unpaired) electrons. The van der Waals surface area contributed by atoms with E-state index >= 15 is 0 Å². The van der Waals surface area contributed by atoms with Gasteiger partial charge in [-0.15, -0.1) is 0 Å². The van der Waals surface area contributed by atoms with Crippen molar-refractivity contribution >= 4 is 5.91 Å². The first-order valence-corrected chi connectivity index (χ1v) is 7.03. The molecule has 110 valence electrons. The molecular weight excluding hydrogens is 257 g/mol. The average molecular weight is 279 g/mol. The molecule has 1 heterocycles. The van der Waals surface area contributed by atoms with Gasteiger partial charge in [-0.3, -0.25) is 4.79 Å². The van der Waals surface area contributed by atoms with Crippen LogP contribution < -0.4 is 11.1 Å². The van der Waals surface area contributed by atoms with Gasteiger partial charge in [0.25, 0.3) is 0 Å². The van der Waals surface area contributed by atoms with Gasteiger partial charge in [0.2, 0.25) is 5.91 Å². The zero-order valence-electron chi connectivity index (χ0n) is 11.9. The van der Waals surface area contributed by atoms with Crippen LogP contribution in [0.1, 0.15) is 28.8 Å². The van der Waals surface area contributed by atoms with Crippen LogP contribution in [0.4, 0.5) is 4.39 Å². The van der Waals surface area contributed by atoms with Gasteiger partial charge in [0, 0.05) is 24.2 Å². The summed E-state index contributed by atoms with van der Waals surface area (Å²) in [7, 11) is 2.13. The number of likely N-dealkylation sites (tertiary alicyclic amines) is 1. The fraction of sp³-hybridized carbons (Fsp3) is 0.533. The van der Waals surface area contributed by atoms with Gasteiger partial charge in [-0.2, -0.15) is 0 Å². The van der Waals surface area contributed by atoms with Crippen LogP contribution >= 0.6 is 0 Å². The van der Waals surface area contributed by atoms with Crippen molar-refractivity contribution in [3.05, 3.63) is 35.1 Å². The molecule has 0 bridgehead atoms. The molecule has 1 aromatic rings. The molecule has 1 fully saturated rings. The van der Waals surface area contributed by atoms with E-state index in [0.717, 1.165) is 13.1 Å². The predicted octanol–water partition coefficient (Wildman–Crippen LogP) is 1.36. The second-order valence-electron chi connectivity index (χ2n) is 5.57. The monoisotopic (exact) mass is 279 g/mol. The van der Waals surface area contributed by atoms with Crippen LogP contribution in [-0.4, -0.2) is 37.5 Å². The third-order valence-electron chi connectivity index (χ3n) is 3.81. The predicted molar refractivity (Wildman–Crippen MR) is 76.8 cm³/mol. The number of halogens is 1. The fourth-order valence-electron chi connectivity index (χ4n) is 2.69. The van der Waals surface area contributed by atoms with Gasteiger partial charge in [0.15, 0.2) is 0 Å². The molecule has 1 saturated heterocycles. The smallest absolute Gasteiger partial charge is 0.248 e. The summed E-state index contributed by atoms with van der Waals surface area (Å²) >= 11 is 0. The van der Waals surface area contributed by atoms with Crippen molar-refractivity contribution in [2.45, 2.75) is 19.4 Å². The Morgan fingerprint density at radius 2 is 2.35 bits per heavy atom. The molecule has 5 heteroatoms. The van der Waals surface area contributed by atoms with E-state index in [1.165, 1.54) is 25.5 Å². The zero-order chi connectivity index (χ0) is 14.5. The minimum Gasteiger partial charge on any atom is -0.366 e. The molecule has 0 spiro atoms. The quantitative estimate of drug-likeness (QED) is 0.855. The Labute approximate surface area is 119 Å². The first-order valence-electron chi connectivity index (χ1n) is 7.03. The van der Waals surface area contributed by atoms with E-state index in [9.17, 15) is 9.18 Å². The van der Waals surface area contributed by atoms with Crippen molar-refractivity contribution in [1.29, 1.82) is 0 Å². The number of nitrogens with zero attached hydrogens (tertiary/aromatic N) is 1. The maximum atomic E-state index is 13.8. The topological polar surface area (TPSA) is 58.4 Å². The first-order chi connectivity index (χ1) is 9.56. The molecule has 1 aromatic carbocycles. The van der Waals surface area contributed by atoms with Crippen LogP contribution in [-0.2, 0) is 6.54 Å². The van der Waals surface area contributed by atoms with Crippen LogP contribution in [0.25, 0.3) is 0 Å². The summed E-state index contributed by atoms with van der Waals surface area (Å²) in [5.74, 6) is -0.357. The summed E-state index contributed by atoms with van der Waals surface area (Å²) in [5.41, 5.74) is 5.89. The summed E-state index contributed by atoms with van der Waals surface area (Å²) in [4.78, 5) is 13.3. The van der Waals surface area contributed by atoms with Crippen LogP contribution in [0.3, 0.4) is 0 Å². The number of carbonyl (C=O) groups is 1. The summed E-state index contributed by atoms with van der Waals surface area (Å²) in [6.07, 6.45) is 2.45. The van der Waals surface area contributed by atoms with E-state index < -0.39 is 5.91 Å². The SMILES string of the molecule is CN1CCCC(CNCc2ccc(C(N)=O)cc2F)C1. The van der Waals surface area contributed by atoms with Crippen molar-refractivity contribution in [3.63, 3.8) is 0 Å². The van der Waals surface area contributed by atoms with E-state index in [1.54, 1.807) is 12.1 Å². The van der Waals surface area contributed by atoms with Gasteiger partial charge >= 0.3 is 0 Å². The Hall–Kier alpha value is -1.46. The summed E-state index contributed by atoms with van der Waals surface area (Å²) in [6.45, 7) is 3.63. The Kier molecular flexibility index (Phi) is 5.09. The number of benzene rings is 1. The lowest BCUT2D eigenvalue weighted by molar-refractivity contribution is 0.1000. The van der Waals surface area contributed by atoms with Crippen molar-refractivity contribution in [2.24, 2.45) is 11.7 Å². The van der Waals surface area contributed by atoms with Gasteiger partial charge in [-0.05, 0) is 51.0 Å². The van der Waals surface area contributed by atoms with Gasteiger partial charge in [0.1, 0.15) is 5.82 Å². The van der Waals surface area contributed by atoms with Crippen LogP contribution in [0, 0.1) is 11.7 Å². The minimum absolute atomic E-state index is 0.208. The Balaban J connectivity index is 1.83. The standard InChI is InChI=1S/C15H22FN3O/c1-19-6-2-3-11(10-19)8-18-9-13-5-4-12(15(17)20)7-14(13)16/h4-5,7,11,18H,2-3,6,8-10H2,1H3,(H2,17,20). The van der Waals surface area contributed by atoms with E-state index in [4.69, 9.17) is 5.73 Å². The molecule has 2 rings (SSSR count). The third kappa shape index (κ3) is 4.02. The molecule has 0 aliphatic carbocycles. The van der Waals surface area contributed by atoms with Crippen molar-refractivity contribution in [3.8, 4) is 0 Å². The Morgan fingerprint density at radius 3 is 3.00 bits per heavy atom. The zero-order valence-corrected chi connectivity index (χ0v) is 11.9. The fourth-order valence-corrected chi connectivity index (χ4v) is 2.69. The number of piperidine rings is 1. The highest BCUT2D eigenvalue weighted by molar-refractivity contribution is 5.92.